The number of ketones is 1. The van der Waals surface area contributed by atoms with Gasteiger partial charge < -0.3 is 4.74 Å². The van der Waals surface area contributed by atoms with Crippen LogP contribution in [0.5, 0.6) is 0 Å². The molecule has 94 valence electrons. The van der Waals surface area contributed by atoms with Gasteiger partial charge in [-0.1, -0.05) is 46.0 Å². The van der Waals surface area contributed by atoms with Gasteiger partial charge in [0.1, 0.15) is 5.60 Å². The van der Waals surface area contributed by atoms with E-state index in [0.717, 1.165) is 18.8 Å². The standard InChI is InChI=1S/C12H20O2.C2H6/c1-12(9-14-12)11(13)8-7-10-5-3-2-4-6-10;1-2/h10H,2-9H2,1H3;1-2H3. The Labute approximate surface area is 99.8 Å². The predicted molar refractivity (Wildman–Crippen MR) is 66.5 cm³/mol. The molecule has 1 saturated carbocycles. The van der Waals surface area contributed by atoms with Crippen LogP contribution in [0.3, 0.4) is 0 Å². The molecule has 0 radical (unpaired) electrons. The first kappa shape index (κ1) is 13.7. The number of rotatable bonds is 4. The summed E-state index contributed by atoms with van der Waals surface area (Å²) < 4.78 is 5.15. The van der Waals surface area contributed by atoms with Crippen LogP contribution in [0.15, 0.2) is 0 Å². The Morgan fingerprint density at radius 3 is 2.31 bits per heavy atom. The van der Waals surface area contributed by atoms with Crippen molar-refractivity contribution in [3.8, 4) is 0 Å². The van der Waals surface area contributed by atoms with Gasteiger partial charge in [-0.2, -0.15) is 0 Å². The lowest BCUT2D eigenvalue weighted by Gasteiger charge is -2.21. The molecule has 1 atom stereocenters. The molecule has 0 aromatic carbocycles. The molecule has 1 unspecified atom stereocenters. The fourth-order valence-electron chi connectivity index (χ4n) is 2.34. The van der Waals surface area contributed by atoms with Crippen LogP contribution in [-0.2, 0) is 9.53 Å². The van der Waals surface area contributed by atoms with Crippen LogP contribution < -0.4 is 0 Å². The Balaban J connectivity index is 0.000000606. The van der Waals surface area contributed by atoms with Crippen LogP contribution in [0.4, 0.5) is 0 Å². The average molecular weight is 226 g/mol. The van der Waals surface area contributed by atoms with Gasteiger partial charge in [0.15, 0.2) is 5.78 Å². The minimum absolute atomic E-state index is 0.322. The summed E-state index contributed by atoms with van der Waals surface area (Å²) in [4.78, 5) is 11.6. The van der Waals surface area contributed by atoms with E-state index in [2.05, 4.69) is 0 Å². The highest BCUT2D eigenvalue weighted by molar-refractivity contribution is 5.89. The van der Waals surface area contributed by atoms with Gasteiger partial charge in [-0.3, -0.25) is 4.79 Å². The Bertz CT molecular complexity index is 213. The van der Waals surface area contributed by atoms with Crippen molar-refractivity contribution in [2.24, 2.45) is 5.92 Å². The summed E-state index contributed by atoms with van der Waals surface area (Å²) in [6.45, 7) is 6.56. The molecule has 1 saturated heterocycles. The summed E-state index contributed by atoms with van der Waals surface area (Å²) in [7, 11) is 0. The van der Waals surface area contributed by atoms with Gasteiger partial charge in [0.2, 0.25) is 0 Å². The molecule has 0 amide bonds. The van der Waals surface area contributed by atoms with E-state index in [9.17, 15) is 4.79 Å². The zero-order valence-corrected chi connectivity index (χ0v) is 11.1. The number of hydrogen-bond donors (Lipinski definition) is 0. The van der Waals surface area contributed by atoms with Crippen molar-refractivity contribution in [1.29, 1.82) is 0 Å². The maximum atomic E-state index is 11.6. The number of epoxide rings is 1. The Hall–Kier alpha value is -0.370. The molecule has 0 N–H and O–H groups in total. The minimum atomic E-state index is -0.380. The number of ether oxygens (including phenoxy) is 1. The lowest BCUT2D eigenvalue weighted by atomic mass is 9.85. The number of Topliss-reactive ketones (excluding diaryl/α,β-unsaturated/α-hetero) is 1. The molecule has 0 aromatic rings. The van der Waals surface area contributed by atoms with E-state index in [4.69, 9.17) is 4.74 Å². The van der Waals surface area contributed by atoms with Gasteiger partial charge >= 0.3 is 0 Å². The Morgan fingerprint density at radius 1 is 1.25 bits per heavy atom. The maximum Gasteiger partial charge on any atom is 0.166 e. The third kappa shape index (κ3) is 3.89. The summed E-state index contributed by atoms with van der Waals surface area (Å²) in [6, 6.07) is 0. The lowest BCUT2D eigenvalue weighted by Crippen LogP contribution is -2.21. The van der Waals surface area contributed by atoms with Crippen molar-refractivity contribution in [3.05, 3.63) is 0 Å². The largest absolute Gasteiger partial charge is 0.362 e. The summed E-state index contributed by atoms with van der Waals surface area (Å²) in [5, 5.41) is 0. The SMILES string of the molecule is CC.CC1(C(=O)CCC2CCCCC2)CO1. The molecular weight excluding hydrogens is 200 g/mol. The topological polar surface area (TPSA) is 29.6 Å². The van der Waals surface area contributed by atoms with Crippen molar-refractivity contribution in [2.75, 3.05) is 6.61 Å². The Kier molecular flexibility index (Phi) is 5.47. The molecule has 0 aromatic heterocycles. The van der Waals surface area contributed by atoms with Gasteiger partial charge in [0.05, 0.1) is 6.61 Å². The van der Waals surface area contributed by atoms with Gasteiger partial charge in [-0.15, -0.1) is 0 Å². The third-order valence-corrected chi connectivity index (χ3v) is 3.67. The van der Waals surface area contributed by atoms with Gasteiger partial charge in [0.25, 0.3) is 0 Å². The average Bonchev–Trinajstić information content (AvgIpc) is 3.09. The first-order chi connectivity index (χ1) is 7.71. The Morgan fingerprint density at radius 2 is 1.81 bits per heavy atom. The molecule has 2 nitrogen and oxygen atoms in total. The molecule has 1 heterocycles. The first-order valence-corrected chi connectivity index (χ1v) is 6.88. The van der Waals surface area contributed by atoms with E-state index in [1.54, 1.807) is 0 Å². The molecule has 2 aliphatic rings. The molecule has 16 heavy (non-hydrogen) atoms. The van der Waals surface area contributed by atoms with Crippen molar-refractivity contribution < 1.29 is 9.53 Å². The van der Waals surface area contributed by atoms with Gasteiger partial charge in [-0.25, -0.2) is 0 Å². The van der Waals surface area contributed by atoms with Crippen molar-refractivity contribution in [1.82, 2.24) is 0 Å². The van der Waals surface area contributed by atoms with E-state index in [1.165, 1.54) is 32.1 Å². The van der Waals surface area contributed by atoms with Crippen molar-refractivity contribution in [2.45, 2.75) is 71.3 Å². The van der Waals surface area contributed by atoms with Crippen molar-refractivity contribution >= 4 is 5.78 Å². The molecule has 0 bridgehead atoms. The van der Waals surface area contributed by atoms with Crippen LogP contribution in [-0.4, -0.2) is 18.0 Å². The molecule has 2 fully saturated rings. The molecule has 1 aliphatic carbocycles. The summed E-state index contributed by atoms with van der Waals surface area (Å²) in [6.07, 6.45) is 8.64. The van der Waals surface area contributed by atoms with E-state index in [-0.39, 0.29) is 5.60 Å². The van der Waals surface area contributed by atoms with E-state index >= 15 is 0 Å². The zero-order valence-electron chi connectivity index (χ0n) is 11.1. The number of carbonyl (C=O) groups excluding carboxylic acids is 1. The number of carbonyl (C=O) groups is 1. The van der Waals surface area contributed by atoms with E-state index < -0.39 is 0 Å². The maximum absolute atomic E-state index is 11.6. The monoisotopic (exact) mass is 226 g/mol. The van der Waals surface area contributed by atoms with Crippen LogP contribution >= 0.6 is 0 Å². The van der Waals surface area contributed by atoms with Crippen LogP contribution in [0.2, 0.25) is 0 Å². The normalized spacial score (nSPS) is 29.2. The fourth-order valence-corrected chi connectivity index (χ4v) is 2.34. The van der Waals surface area contributed by atoms with Crippen LogP contribution in [0.1, 0.15) is 65.7 Å². The smallest absolute Gasteiger partial charge is 0.166 e. The highest BCUT2D eigenvalue weighted by Gasteiger charge is 2.46. The molecular formula is C14H26O2. The highest BCUT2D eigenvalue weighted by Crippen LogP contribution is 2.32. The lowest BCUT2D eigenvalue weighted by molar-refractivity contribution is -0.123. The minimum Gasteiger partial charge on any atom is -0.362 e. The van der Waals surface area contributed by atoms with Crippen molar-refractivity contribution in [3.63, 3.8) is 0 Å². The molecule has 2 rings (SSSR count). The van der Waals surface area contributed by atoms with Crippen LogP contribution in [0, 0.1) is 5.92 Å². The van der Waals surface area contributed by atoms with E-state index in [1.807, 2.05) is 20.8 Å². The zero-order chi connectivity index (χ0) is 12.0. The first-order valence-electron chi connectivity index (χ1n) is 6.88. The molecule has 1 aliphatic heterocycles. The van der Waals surface area contributed by atoms with Gasteiger partial charge in [-0.05, 0) is 19.3 Å². The summed E-state index contributed by atoms with van der Waals surface area (Å²) >= 11 is 0. The van der Waals surface area contributed by atoms with Gasteiger partial charge in [0, 0.05) is 6.42 Å². The quantitative estimate of drug-likeness (QED) is 0.684. The second kappa shape index (κ2) is 6.39. The fraction of sp³-hybridized carbons (Fsp3) is 0.929. The second-order valence-corrected chi connectivity index (χ2v) is 4.99. The highest BCUT2D eigenvalue weighted by atomic mass is 16.6. The summed E-state index contributed by atoms with van der Waals surface area (Å²) in [5.41, 5.74) is -0.380. The van der Waals surface area contributed by atoms with E-state index in [0.29, 0.717) is 12.4 Å². The predicted octanol–water partition coefficient (Wildman–Crippen LogP) is 3.73. The third-order valence-electron chi connectivity index (χ3n) is 3.67. The molecule has 2 heteroatoms. The number of hydrogen-bond acceptors (Lipinski definition) is 2. The van der Waals surface area contributed by atoms with Crippen LogP contribution in [0.25, 0.3) is 0 Å². The second-order valence-electron chi connectivity index (χ2n) is 4.99. The summed E-state index contributed by atoms with van der Waals surface area (Å²) in [5.74, 6) is 1.14. The molecule has 0 spiro atoms.